The molecule has 2 aromatic carbocycles. The van der Waals surface area contributed by atoms with Crippen LogP contribution in [0.4, 0.5) is 4.20 Å². The van der Waals surface area contributed by atoms with E-state index in [2.05, 4.69) is 52.8 Å². The molecule has 0 saturated heterocycles. The first-order valence-electron chi connectivity index (χ1n) is 14.3. The summed E-state index contributed by atoms with van der Waals surface area (Å²) in [6.07, 6.45) is 13.2. The Morgan fingerprint density at radius 1 is 0.889 bits per heavy atom. The minimum Gasteiger partial charge on any atom is -0.414 e. The van der Waals surface area contributed by atoms with E-state index in [1.54, 1.807) is 0 Å². The van der Waals surface area contributed by atoms with Gasteiger partial charge in [-0.15, -0.1) is 4.20 Å². The third kappa shape index (κ3) is 4.70. The molecule has 2 fully saturated rings. The molecule has 2 nitrogen and oxygen atoms in total. The predicted molar refractivity (Wildman–Crippen MR) is 149 cm³/mol. The van der Waals surface area contributed by atoms with Gasteiger partial charge >= 0.3 is 8.69 Å². The lowest BCUT2D eigenvalue weighted by molar-refractivity contribution is 0.150. The van der Waals surface area contributed by atoms with Crippen LogP contribution in [-0.2, 0) is 10.8 Å². The molecule has 36 heavy (non-hydrogen) atoms. The van der Waals surface area contributed by atoms with Crippen LogP contribution in [0.25, 0.3) is 0 Å². The average molecular weight is 511 g/mol. The summed E-state index contributed by atoms with van der Waals surface area (Å²) in [6.45, 7) is 11.3. The summed E-state index contributed by atoms with van der Waals surface area (Å²) in [5, 5.41) is 0. The van der Waals surface area contributed by atoms with Crippen LogP contribution in [0.2, 0.25) is 0 Å². The Morgan fingerprint density at radius 2 is 1.61 bits per heavy atom. The Morgan fingerprint density at radius 3 is 2.36 bits per heavy atom. The van der Waals surface area contributed by atoms with Crippen LogP contribution in [-0.4, -0.2) is 0 Å². The third-order valence-electron chi connectivity index (χ3n) is 9.72. The molecular weight excluding hydrogens is 466 g/mol. The van der Waals surface area contributed by atoms with Crippen molar-refractivity contribution in [2.24, 2.45) is 5.92 Å². The summed E-state index contributed by atoms with van der Waals surface area (Å²) in [5.74, 6) is 2.50. The SMILES string of the molecule is CCCC1c2cc(C)cc(c2OP(F)Oc2ccc(C)cc2C2(C)CCCCC2)C2(C)CCCCC12. The number of benzene rings is 2. The van der Waals surface area contributed by atoms with Gasteiger partial charge in [-0.2, -0.15) is 0 Å². The van der Waals surface area contributed by atoms with E-state index in [0.717, 1.165) is 43.4 Å². The van der Waals surface area contributed by atoms with Gasteiger partial charge in [0, 0.05) is 11.1 Å². The zero-order chi connectivity index (χ0) is 25.5. The largest absolute Gasteiger partial charge is 0.505 e. The first-order chi connectivity index (χ1) is 17.2. The highest BCUT2D eigenvalue weighted by molar-refractivity contribution is 7.42. The molecule has 0 amide bonds. The fourth-order valence-electron chi connectivity index (χ4n) is 7.79. The normalized spacial score (nSPS) is 27.7. The van der Waals surface area contributed by atoms with E-state index in [1.165, 1.54) is 60.8 Å². The number of hydrogen-bond acceptors (Lipinski definition) is 2. The van der Waals surface area contributed by atoms with Gasteiger partial charge in [-0.3, -0.25) is 0 Å². The lowest BCUT2D eigenvalue weighted by atomic mass is 9.54. The van der Waals surface area contributed by atoms with Crippen molar-refractivity contribution < 1.29 is 13.2 Å². The van der Waals surface area contributed by atoms with Crippen LogP contribution in [0.1, 0.15) is 125 Å². The molecule has 4 atom stereocenters. The highest BCUT2D eigenvalue weighted by Crippen LogP contribution is 2.61. The van der Waals surface area contributed by atoms with E-state index < -0.39 is 8.69 Å². The van der Waals surface area contributed by atoms with E-state index in [0.29, 0.717) is 17.6 Å². The van der Waals surface area contributed by atoms with Crippen molar-refractivity contribution in [2.45, 2.75) is 122 Å². The van der Waals surface area contributed by atoms with Gasteiger partial charge in [0.25, 0.3) is 0 Å². The van der Waals surface area contributed by atoms with E-state index in [4.69, 9.17) is 9.05 Å². The van der Waals surface area contributed by atoms with Crippen LogP contribution in [0.5, 0.6) is 11.5 Å². The molecule has 2 saturated carbocycles. The maximum absolute atomic E-state index is 15.8. The van der Waals surface area contributed by atoms with Crippen molar-refractivity contribution >= 4 is 8.69 Å². The predicted octanol–water partition coefficient (Wildman–Crippen LogP) is 10.5. The zero-order valence-corrected chi connectivity index (χ0v) is 23.9. The van der Waals surface area contributed by atoms with Crippen molar-refractivity contribution in [3.05, 3.63) is 58.1 Å². The molecule has 0 aromatic heterocycles. The lowest BCUT2D eigenvalue weighted by Crippen LogP contribution is -2.42. The molecule has 2 aromatic rings. The molecule has 2 bridgehead atoms. The van der Waals surface area contributed by atoms with Crippen LogP contribution in [0.3, 0.4) is 0 Å². The molecule has 0 heterocycles. The van der Waals surface area contributed by atoms with Crippen molar-refractivity contribution in [3.8, 4) is 11.5 Å². The van der Waals surface area contributed by atoms with Crippen LogP contribution in [0, 0.1) is 19.8 Å². The van der Waals surface area contributed by atoms with Crippen molar-refractivity contribution in [1.29, 1.82) is 0 Å². The van der Waals surface area contributed by atoms with Gasteiger partial charge in [-0.25, -0.2) is 0 Å². The molecule has 3 aliphatic carbocycles. The monoisotopic (exact) mass is 510 g/mol. The Kier molecular flexibility index (Phi) is 7.43. The highest BCUT2D eigenvalue weighted by Gasteiger charge is 2.49. The number of fused-ring (bicyclic) bond motifs is 4. The van der Waals surface area contributed by atoms with E-state index in [-0.39, 0.29) is 10.8 Å². The van der Waals surface area contributed by atoms with Crippen LogP contribution < -0.4 is 9.05 Å². The van der Waals surface area contributed by atoms with Gasteiger partial charge in [0.05, 0.1) is 0 Å². The molecule has 4 unspecified atom stereocenters. The second-order valence-electron chi connectivity index (χ2n) is 12.4. The zero-order valence-electron chi connectivity index (χ0n) is 23.0. The van der Waals surface area contributed by atoms with Gasteiger partial charge < -0.3 is 9.05 Å². The number of aryl methyl sites for hydroxylation is 2. The molecule has 4 heteroatoms. The first kappa shape index (κ1) is 26.0. The Hall–Kier alpha value is -1.60. The fraction of sp³-hybridized carbons (Fsp3) is 0.625. The fourth-order valence-corrected chi connectivity index (χ4v) is 8.49. The summed E-state index contributed by atoms with van der Waals surface area (Å²) in [5.41, 5.74) is 6.12. The van der Waals surface area contributed by atoms with Gasteiger partial charge in [-0.1, -0.05) is 94.7 Å². The topological polar surface area (TPSA) is 18.5 Å². The van der Waals surface area contributed by atoms with Crippen molar-refractivity contribution in [3.63, 3.8) is 0 Å². The van der Waals surface area contributed by atoms with Gasteiger partial charge in [0.2, 0.25) is 0 Å². The summed E-state index contributed by atoms with van der Waals surface area (Å²) in [4.78, 5) is 0. The molecule has 0 N–H and O–H groups in total. The van der Waals surface area contributed by atoms with Crippen LogP contribution >= 0.6 is 8.69 Å². The maximum atomic E-state index is 15.8. The third-order valence-corrected chi connectivity index (χ3v) is 10.4. The van der Waals surface area contributed by atoms with Gasteiger partial charge in [0.1, 0.15) is 11.5 Å². The minimum absolute atomic E-state index is 0.0381. The van der Waals surface area contributed by atoms with Crippen molar-refractivity contribution in [1.82, 2.24) is 0 Å². The summed E-state index contributed by atoms with van der Waals surface area (Å²) in [7, 11) is -2.59. The van der Waals surface area contributed by atoms with E-state index in [1.807, 2.05) is 12.1 Å². The summed E-state index contributed by atoms with van der Waals surface area (Å²) >= 11 is 0. The Balaban J connectivity index is 1.47. The lowest BCUT2D eigenvalue weighted by Gasteiger charge is -2.50. The van der Waals surface area contributed by atoms with Crippen LogP contribution in [0.15, 0.2) is 30.3 Å². The molecule has 3 aliphatic rings. The standard InChI is InChI=1S/C32H44FO2P/c1-6-12-24-25-19-23(3)21-28(32(5)18-11-8-13-26(24)32)30(25)35-36(33)34-29-15-14-22(2)20-27(29)31(4)16-9-7-10-17-31/h14-15,19-21,24,26H,6-13,16-18H2,1-5H3. The van der Waals surface area contributed by atoms with Gasteiger partial charge in [0.15, 0.2) is 0 Å². The second-order valence-corrected chi connectivity index (χ2v) is 13.2. The smallest absolute Gasteiger partial charge is 0.414 e. The Bertz CT molecular complexity index is 1090. The number of halogens is 1. The first-order valence-corrected chi connectivity index (χ1v) is 15.4. The summed E-state index contributed by atoms with van der Waals surface area (Å²) < 4.78 is 28.2. The number of rotatable bonds is 7. The summed E-state index contributed by atoms with van der Waals surface area (Å²) in [6, 6.07) is 10.7. The minimum atomic E-state index is -2.59. The van der Waals surface area contributed by atoms with E-state index >= 15 is 4.20 Å². The molecule has 0 aliphatic heterocycles. The Labute approximate surface area is 219 Å². The molecule has 196 valence electrons. The maximum Gasteiger partial charge on any atom is 0.505 e. The molecule has 5 rings (SSSR count). The average Bonchev–Trinajstić information content (AvgIpc) is 2.85. The molecule has 0 spiro atoms. The number of hydrogen-bond donors (Lipinski definition) is 0. The van der Waals surface area contributed by atoms with Gasteiger partial charge in [-0.05, 0) is 80.2 Å². The van der Waals surface area contributed by atoms with Crippen molar-refractivity contribution in [2.75, 3.05) is 0 Å². The quantitative estimate of drug-likeness (QED) is 0.345. The van der Waals surface area contributed by atoms with E-state index in [9.17, 15) is 0 Å². The molecule has 0 radical (unpaired) electrons. The molecular formula is C32H44FO2P. The highest BCUT2D eigenvalue weighted by atomic mass is 31.2. The second kappa shape index (κ2) is 10.3.